The van der Waals surface area contributed by atoms with Gasteiger partial charge in [0.05, 0.1) is 21.8 Å². The van der Waals surface area contributed by atoms with Crippen molar-refractivity contribution in [1.29, 1.82) is 0 Å². The quantitative estimate of drug-likeness (QED) is 0.327. The van der Waals surface area contributed by atoms with Gasteiger partial charge < -0.3 is 5.11 Å². The number of aliphatic hydroxyl groups excluding tert-OH is 1. The minimum atomic E-state index is -0.775. The van der Waals surface area contributed by atoms with Crippen molar-refractivity contribution in [1.82, 2.24) is 4.98 Å². The first-order chi connectivity index (χ1) is 17.0. The number of aryl methyl sites for hydroxylation is 2. The Balaban J connectivity index is 1.60. The van der Waals surface area contributed by atoms with Gasteiger partial charge in [0.2, 0.25) is 0 Å². The third-order valence-electron chi connectivity index (χ3n) is 6.14. The summed E-state index contributed by atoms with van der Waals surface area (Å²) in [6.45, 7) is 4.07. The first kappa shape index (κ1) is 22.7. The van der Waals surface area contributed by atoms with Crippen LogP contribution in [0.25, 0.3) is 16.3 Å². The Morgan fingerprint density at radius 3 is 2.54 bits per heavy atom. The molecule has 0 fully saturated rings. The lowest BCUT2D eigenvalue weighted by Gasteiger charge is -2.24. The maximum Gasteiger partial charge on any atom is 0.296 e. The lowest BCUT2D eigenvalue weighted by atomic mass is 9.95. The highest BCUT2D eigenvalue weighted by molar-refractivity contribution is 7.22. The molecule has 3 aromatic carbocycles. The van der Waals surface area contributed by atoms with Gasteiger partial charge in [0.15, 0.2) is 16.7 Å². The van der Waals surface area contributed by atoms with E-state index in [0.717, 1.165) is 38.9 Å². The smallest absolute Gasteiger partial charge is 0.296 e. The van der Waals surface area contributed by atoms with Gasteiger partial charge >= 0.3 is 0 Å². The van der Waals surface area contributed by atoms with Crippen LogP contribution in [0.2, 0.25) is 0 Å². The summed E-state index contributed by atoms with van der Waals surface area (Å²) < 4.78 is 0.941. The Hall–Kier alpha value is -4.03. The molecule has 1 aliphatic rings. The van der Waals surface area contributed by atoms with Crippen LogP contribution in [0.5, 0.6) is 0 Å². The number of anilines is 1. The lowest BCUT2D eigenvalue weighted by Crippen LogP contribution is -2.30. The SMILES string of the molecule is CCc1ccc(C2C(C(=O)/C=C/c3ccccc3)=C(O)C(=O)N2c2nc3ccc(C)cc3s2)cc1. The number of nitrogens with zero attached hydrogens (tertiary/aromatic N) is 2. The zero-order valence-corrected chi connectivity index (χ0v) is 20.3. The zero-order valence-electron chi connectivity index (χ0n) is 19.4. The van der Waals surface area contributed by atoms with Gasteiger partial charge in [-0.1, -0.05) is 85.0 Å². The van der Waals surface area contributed by atoms with Gasteiger partial charge in [-0.25, -0.2) is 4.98 Å². The van der Waals surface area contributed by atoms with Crippen LogP contribution in [0.1, 0.15) is 35.2 Å². The molecule has 174 valence electrons. The highest BCUT2D eigenvalue weighted by Crippen LogP contribution is 2.43. The van der Waals surface area contributed by atoms with E-state index in [-0.39, 0.29) is 5.57 Å². The van der Waals surface area contributed by atoms with E-state index >= 15 is 0 Å². The highest BCUT2D eigenvalue weighted by atomic mass is 32.1. The molecule has 1 unspecified atom stereocenters. The van der Waals surface area contributed by atoms with E-state index < -0.39 is 23.5 Å². The number of thiazole rings is 1. The molecule has 0 bridgehead atoms. The molecule has 4 aromatic rings. The number of fused-ring (bicyclic) bond motifs is 1. The largest absolute Gasteiger partial charge is 0.503 e. The molecule has 6 heteroatoms. The van der Waals surface area contributed by atoms with Crippen molar-refractivity contribution in [2.75, 3.05) is 4.90 Å². The normalized spacial score (nSPS) is 16.1. The predicted molar refractivity (Wildman–Crippen MR) is 141 cm³/mol. The summed E-state index contributed by atoms with van der Waals surface area (Å²) in [5.74, 6) is -1.57. The Labute approximate surface area is 207 Å². The van der Waals surface area contributed by atoms with E-state index in [4.69, 9.17) is 0 Å². The van der Waals surface area contributed by atoms with Crippen LogP contribution in [0, 0.1) is 6.92 Å². The molecule has 1 atom stereocenters. The number of hydrogen-bond acceptors (Lipinski definition) is 5. The minimum absolute atomic E-state index is 0.0573. The van der Waals surface area contributed by atoms with Crippen molar-refractivity contribution in [2.24, 2.45) is 0 Å². The number of benzene rings is 3. The second kappa shape index (κ2) is 9.31. The van der Waals surface area contributed by atoms with Gasteiger partial charge in [0.1, 0.15) is 0 Å². The molecule has 0 aliphatic carbocycles. The number of rotatable bonds is 6. The van der Waals surface area contributed by atoms with E-state index in [0.29, 0.717) is 5.13 Å². The molecule has 1 aromatic heterocycles. The summed E-state index contributed by atoms with van der Waals surface area (Å²) in [6.07, 6.45) is 3.97. The highest BCUT2D eigenvalue weighted by Gasteiger charge is 2.45. The Kier molecular flexibility index (Phi) is 6.05. The van der Waals surface area contributed by atoms with Gasteiger partial charge in [-0.15, -0.1) is 0 Å². The fourth-order valence-electron chi connectivity index (χ4n) is 4.25. The second-order valence-corrected chi connectivity index (χ2v) is 9.52. The first-order valence-electron chi connectivity index (χ1n) is 11.5. The molecule has 5 rings (SSSR count). The molecule has 1 N–H and O–H groups in total. The van der Waals surface area contributed by atoms with Crippen LogP contribution in [0.4, 0.5) is 5.13 Å². The van der Waals surface area contributed by atoms with Gasteiger partial charge in [-0.2, -0.15) is 0 Å². The number of ketones is 1. The fourth-order valence-corrected chi connectivity index (χ4v) is 5.34. The number of carbonyl (C=O) groups excluding carboxylic acids is 2. The summed E-state index contributed by atoms with van der Waals surface area (Å²) in [5, 5.41) is 11.4. The van der Waals surface area contributed by atoms with Gasteiger partial charge in [-0.3, -0.25) is 14.5 Å². The molecule has 0 saturated carbocycles. The van der Waals surface area contributed by atoms with E-state index in [1.807, 2.05) is 79.7 Å². The van der Waals surface area contributed by atoms with Crippen LogP contribution < -0.4 is 4.90 Å². The van der Waals surface area contributed by atoms with Crippen molar-refractivity contribution >= 4 is 44.5 Å². The maximum absolute atomic E-state index is 13.4. The number of aromatic nitrogens is 1. The molecule has 0 saturated heterocycles. The summed E-state index contributed by atoms with van der Waals surface area (Å²) in [7, 11) is 0. The summed E-state index contributed by atoms with van der Waals surface area (Å²) in [6, 6.07) is 22.3. The number of aliphatic hydroxyl groups is 1. The first-order valence-corrected chi connectivity index (χ1v) is 12.3. The van der Waals surface area contributed by atoms with Crippen molar-refractivity contribution in [3.05, 3.63) is 112 Å². The van der Waals surface area contributed by atoms with E-state index in [1.54, 1.807) is 6.08 Å². The molecular formula is C29H24N2O3S. The van der Waals surface area contributed by atoms with Crippen molar-refractivity contribution < 1.29 is 14.7 Å². The van der Waals surface area contributed by atoms with Crippen molar-refractivity contribution in [2.45, 2.75) is 26.3 Å². The molecule has 2 heterocycles. The van der Waals surface area contributed by atoms with Gasteiger partial charge in [0, 0.05) is 0 Å². The molecule has 0 radical (unpaired) electrons. The monoisotopic (exact) mass is 480 g/mol. The Morgan fingerprint density at radius 1 is 1.09 bits per heavy atom. The van der Waals surface area contributed by atoms with Crippen LogP contribution in [-0.4, -0.2) is 21.8 Å². The van der Waals surface area contributed by atoms with E-state index in [1.165, 1.54) is 22.3 Å². The standard InChI is InChI=1S/C29H24N2O3S/c1-3-19-10-13-21(14-11-19)26-25(23(32)16-12-20-7-5-4-6-8-20)27(33)28(34)31(26)29-30-22-15-9-18(2)17-24(22)35-29/h4-17,26,33H,3H2,1-2H3/b16-12+. The summed E-state index contributed by atoms with van der Waals surface area (Å²) in [5.41, 5.74) is 4.66. The zero-order chi connectivity index (χ0) is 24.5. The number of carbonyl (C=O) groups is 2. The summed E-state index contributed by atoms with van der Waals surface area (Å²) >= 11 is 1.37. The summed E-state index contributed by atoms with van der Waals surface area (Å²) in [4.78, 5) is 32.8. The molecule has 1 aliphatic heterocycles. The van der Waals surface area contributed by atoms with E-state index in [2.05, 4.69) is 11.9 Å². The lowest BCUT2D eigenvalue weighted by molar-refractivity contribution is -0.117. The predicted octanol–water partition coefficient (Wildman–Crippen LogP) is 6.35. The van der Waals surface area contributed by atoms with Crippen LogP contribution in [0.15, 0.2) is 90.2 Å². The molecular weight excluding hydrogens is 456 g/mol. The molecule has 0 spiro atoms. The third-order valence-corrected chi connectivity index (χ3v) is 7.16. The van der Waals surface area contributed by atoms with Crippen molar-refractivity contribution in [3.63, 3.8) is 0 Å². The van der Waals surface area contributed by atoms with Crippen LogP contribution >= 0.6 is 11.3 Å². The van der Waals surface area contributed by atoms with Crippen LogP contribution in [0.3, 0.4) is 0 Å². The molecule has 35 heavy (non-hydrogen) atoms. The third kappa shape index (κ3) is 4.29. The second-order valence-electron chi connectivity index (χ2n) is 8.51. The Bertz CT molecular complexity index is 1480. The fraction of sp³-hybridized carbons (Fsp3) is 0.138. The average Bonchev–Trinajstić information content (AvgIpc) is 3.41. The maximum atomic E-state index is 13.4. The van der Waals surface area contributed by atoms with Gasteiger partial charge in [-0.05, 0) is 53.8 Å². The molecule has 5 nitrogen and oxygen atoms in total. The minimum Gasteiger partial charge on any atom is -0.503 e. The number of allylic oxidation sites excluding steroid dienone is 1. The number of amides is 1. The number of hydrogen-bond donors (Lipinski definition) is 1. The van der Waals surface area contributed by atoms with Crippen molar-refractivity contribution in [3.8, 4) is 0 Å². The molecule has 1 amide bonds. The average molecular weight is 481 g/mol. The van der Waals surface area contributed by atoms with E-state index in [9.17, 15) is 14.7 Å². The topological polar surface area (TPSA) is 70.5 Å². The van der Waals surface area contributed by atoms with Crippen LogP contribution in [-0.2, 0) is 16.0 Å². The van der Waals surface area contributed by atoms with Gasteiger partial charge in [0.25, 0.3) is 5.91 Å². The Morgan fingerprint density at radius 2 is 1.83 bits per heavy atom.